The second-order valence-electron chi connectivity index (χ2n) is 7.90. The first-order valence-corrected chi connectivity index (χ1v) is 9.54. The predicted molar refractivity (Wildman–Crippen MR) is 83.7 cm³/mol. The van der Waals surface area contributed by atoms with Gasteiger partial charge in [-0.3, -0.25) is 4.79 Å². The zero-order chi connectivity index (χ0) is 13.7. The van der Waals surface area contributed by atoms with Crippen LogP contribution in [0.25, 0.3) is 0 Å². The Bertz CT molecular complexity index is 408. The fourth-order valence-corrected chi connectivity index (χ4v) is 6.37. The van der Waals surface area contributed by atoms with Crippen LogP contribution in [0.15, 0.2) is 0 Å². The Balaban J connectivity index is 1.39. The lowest BCUT2D eigenvalue weighted by Gasteiger charge is -2.35. The summed E-state index contributed by atoms with van der Waals surface area (Å²) in [4.78, 5) is 13.3. The van der Waals surface area contributed by atoms with Gasteiger partial charge < -0.3 is 5.32 Å². The van der Waals surface area contributed by atoms with Crippen molar-refractivity contribution >= 4 is 21.8 Å². The lowest BCUT2D eigenvalue weighted by molar-refractivity contribution is -0.131. The van der Waals surface area contributed by atoms with Gasteiger partial charge in [-0.2, -0.15) is 0 Å². The second kappa shape index (κ2) is 5.00. The van der Waals surface area contributed by atoms with E-state index in [-0.39, 0.29) is 5.41 Å². The summed E-state index contributed by atoms with van der Waals surface area (Å²) in [6.45, 7) is 0. The summed E-state index contributed by atoms with van der Waals surface area (Å²) < 4.78 is 0. The Labute approximate surface area is 130 Å². The van der Waals surface area contributed by atoms with Gasteiger partial charge >= 0.3 is 0 Å². The molecule has 5 atom stereocenters. The lowest BCUT2D eigenvalue weighted by Crippen LogP contribution is -2.48. The number of alkyl halides is 1. The summed E-state index contributed by atoms with van der Waals surface area (Å²) in [6, 6.07) is 0.468. The van der Waals surface area contributed by atoms with Crippen LogP contribution < -0.4 is 5.32 Å². The molecule has 4 fully saturated rings. The molecule has 3 heteroatoms. The number of halogens is 1. The molecule has 4 aliphatic rings. The molecular weight excluding hydrogens is 314 g/mol. The average molecular weight is 340 g/mol. The largest absolute Gasteiger partial charge is 0.353 e. The number of amides is 1. The van der Waals surface area contributed by atoms with Gasteiger partial charge in [0, 0.05) is 10.9 Å². The van der Waals surface area contributed by atoms with Crippen LogP contribution >= 0.6 is 15.9 Å². The molecule has 1 amide bonds. The van der Waals surface area contributed by atoms with Crippen LogP contribution in [0.2, 0.25) is 0 Å². The minimum Gasteiger partial charge on any atom is -0.353 e. The summed E-state index contributed by atoms with van der Waals surface area (Å²) >= 11 is 3.80. The Morgan fingerprint density at radius 3 is 2.55 bits per heavy atom. The van der Waals surface area contributed by atoms with Crippen molar-refractivity contribution < 1.29 is 4.79 Å². The van der Waals surface area contributed by atoms with Crippen LogP contribution in [-0.4, -0.2) is 16.8 Å². The summed E-state index contributed by atoms with van der Waals surface area (Å²) in [5.41, 5.74) is -0.0583. The maximum atomic E-state index is 12.9. The van der Waals surface area contributed by atoms with Gasteiger partial charge in [-0.05, 0) is 69.1 Å². The molecule has 20 heavy (non-hydrogen) atoms. The number of hydrogen-bond acceptors (Lipinski definition) is 1. The minimum atomic E-state index is -0.0583. The van der Waals surface area contributed by atoms with E-state index >= 15 is 0 Å². The number of rotatable bonds is 3. The first-order valence-electron chi connectivity index (χ1n) is 8.62. The highest BCUT2D eigenvalue weighted by Crippen LogP contribution is 2.57. The van der Waals surface area contributed by atoms with Crippen molar-refractivity contribution in [1.82, 2.24) is 5.32 Å². The van der Waals surface area contributed by atoms with Gasteiger partial charge in [-0.25, -0.2) is 0 Å². The van der Waals surface area contributed by atoms with E-state index < -0.39 is 0 Å². The summed E-state index contributed by atoms with van der Waals surface area (Å²) in [5.74, 6) is 3.09. The molecule has 0 aromatic carbocycles. The van der Waals surface area contributed by atoms with Crippen LogP contribution in [0, 0.1) is 23.2 Å². The molecule has 0 spiro atoms. The van der Waals surface area contributed by atoms with Crippen molar-refractivity contribution in [2.24, 2.45) is 23.2 Å². The second-order valence-corrected chi connectivity index (χ2v) is 9.01. The number of fused-ring (bicyclic) bond motifs is 2. The molecule has 0 heterocycles. The van der Waals surface area contributed by atoms with E-state index in [1.54, 1.807) is 0 Å². The van der Waals surface area contributed by atoms with Crippen molar-refractivity contribution in [3.8, 4) is 0 Å². The highest BCUT2D eigenvalue weighted by Gasteiger charge is 2.56. The van der Waals surface area contributed by atoms with Crippen LogP contribution in [0.5, 0.6) is 0 Å². The molecule has 0 aromatic heterocycles. The van der Waals surface area contributed by atoms with E-state index in [2.05, 4.69) is 21.2 Å². The maximum absolute atomic E-state index is 12.9. The molecule has 0 unspecified atom stereocenters. The maximum Gasteiger partial charge on any atom is 0.227 e. The van der Waals surface area contributed by atoms with Crippen LogP contribution in [-0.2, 0) is 4.79 Å². The molecule has 0 radical (unpaired) electrons. The molecule has 112 valence electrons. The first-order chi connectivity index (χ1) is 9.67. The zero-order valence-electron chi connectivity index (χ0n) is 12.2. The molecule has 4 rings (SSSR count). The SMILES string of the molecule is O=C(N[C@@H]1CCC[C@H](C2CC2)C1)[C@@]12CC[C@@H](C[C@@H]1Br)C2. The smallest absolute Gasteiger partial charge is 0.227 e. The fraction of sp³-hybridized carbons (Fsp3) is 0.941. The third kappa shape index (κ3) is 2.24. The van der Waals surface area contributed by atoms with Gasteiger partial charge in [0.25, 0.3) is 0 Å². The van der Waals surface area contributed by atoms with E-state index in [1.165, 1.54) is 51.4 Å². The molecule has 0 saturated heterocycles. The van der Waals surface area contributed by atoms with Crippen LogP contribution in [0.1, 0.15) is 64.2 Å². The van der Waals surface area contributed by atoms with Gasteiger partial charge in [-0.15, -0.1) is 0 Å². The quantitative estimate of drug-likeness (QED) is 0.773. The van der Waals surface area contributed by atoms with Gasteiger partial charge in [0.1, 0.15) is 0 Å². The topological polar surface area (TPSA) is 29.1 Å². The Morgan fingerprint density at radius 1 is 1.05 bits per heavy atom. The van der Waals surface area contributed by atoms with Crippen molar-refractivity contribution in [3.63, 3.8) is 0 Å². The van der Waals surface area contributed by atoms with Gasteiger partial charge in [0.2, 0.25) is 5.91 Å². The highest BCUT2D eigenvalue weighted by atomic mass is 79.9. The van der Waals surface area contributed by atoms with E-state index in [0.717, 1.165) is 30.6 Å². The van der Waals surface area contributed by atoms with Crippen molar-refractivity contribution in [2.75, 3.05) is 0 Å². The Hall–Kier alpha value is -0.0500. The number of nitrogens with one attached hydrogen (secondary N) is 1. The van der Waals surface area contributed by atoms with Gasteiger partial charge in [0.15, 0.2) is 0 Å². The summed E-state index contributed by atoms with van der Waals surface area (Å²) in [5, 5.41) is 3.45. The molecule has 2 nitrogen and oxygen atoms in total. The normalized spacial score (nSPS) is 47.5. The fourth-order valence-electron chi connectivity index (χ4n) is 5.22. The minimum absolute atomic E-state index is 0.0583. The van der Waals surface area contributed by atoms with E-state index in [1.807, 2.05) is 0 Å². The summed E-state index contributed by atoms with van der Waals surface area (Å²) in [7, 11) is 0. The number of carbonyl (C=O) groups is 1. The molecule has 4 aliphatic carbocycles. The molecule has 0 aliphatic heterocycles. The lowest BCUT2D eigenvalue weighted by atomic mass is 9.80. The molecule has 0 aromatic rings. The number of carbonyl (C=O) groups excluding carboxylic acids is 1. The Kier molecular flexibility index (Phi) is 3.40. The molecular formula is C17H26BrNO. The third-order valence-electron chi connectivity index (χ3n) is 6.58. The van der Waals surface area contributed by atoms with Crippen molar-refractivity contribution in [3.05, 3.63) is 0 Å². The van der Waals surface area contributed by atoms with Crippen LogP contribution in [0.4, 0.5) is 0 Å². The molecule has 2 bridgehead atoms. The zero-order valence-corrected chi connectivity index (χ0v) is 13.8. The number of hydrogen-bond donors (Lipinski definition) is 1. The average Bonchev–Trinajstić information content (AvgIpc) is 3.13. The Morgan fingerprint density at radius 2 is 1.90 bits per heavy atom. The third-order valence-corrected chi connectivity index (χ3v) is 7.83. The van der Waals surface area contributed by atoms with E-state index in [4.69, 9.17) is 0 Å². The van der Waals surface area contributed by atoms with Crippen LogP contribution in [0.3, 0.4) is 0 Å². The van der Waals surface area contributed by atoms with Gasteiger partial charge in [-0.1, -0.05) is 28.8 Å². The predicted octanol–water partition coefficient (Wildman–Crippen LogP) is 4.03. The van der Waals surface area contributed by atoms with Crippen molar-refractivity contribution in [2.45, 2.75) is 75.1 Å². The van der Waals surface area contributed by atoms with Gasteiger partial charge in [0.05, 0.1) is 5.41 Å². The van der Waals surface area contributed by atoms with E-state index in [9.17, 15) is 4.79 Å². The molecule has 1 N–H and O–H groups in total. The van der Waals surface area contributed by atoms with E-state index in [0.29, 0.717) is 16.8 Å². The first kappa shape index (κ1) is 13.6. The molecule has 4 saturated carbocycles. The standard InChI is InChI=1S/C17H26BrNO/c18-15-8-11-6-7-17(15,10-11)16(20)19-14-3-1-2-13(9-14)12-4-5-12/h11-15H,1-10H2,(H,19,20)/t11-,13-,14+,15-,17+/m0/s1. The highest BCUT2D eigenvalue weighted by molar-refractivity contribution is 9.09. The summed E-state index contributed by atoms with van der Waals surface area (Å²) in [6.07, 6.45) is 12.8. The van der Waals surface area contributed by atoms with Crippen molar-refractivity contribution in [1.29, 1.82) is 0 Å². The monoisotopic (exact) mass is 339 g/mol.